The lowest BCUT2D eigenvalue weighted by Gasteiger charge is -2.31. The predicted octanol–water partition coefficient (Wildman–Crippen LogP) is 7.46. The SMILES string of the molecule is C=C/C=C(N)/C(/C=C\C(=C/C)OC[C@@H]1CCCC(C)(C[C@@H](C)CC)CC1)=C\C. The summed E-state index contributed by atoms with van der Waals surface area (Å²) in [6.07, 6.45) is 20.8. The molecular weight excluding hydrogens is 342 g/mol. The van der Waals surface area contributed by atoms with Crippen LogP contribution in [0.1, 0.15) is 79.6 Å². The van der Waals surface area contributed by atoms with Gasteiger partial charge in [0, 0.05) is 5.70 Å². The molecule has 0 amide bonds. The molecule has 1 rings (SSSR count). The van der Waals surface area contributed by atoms with Crippen LogP contribution in [-0.2, 0) is 4.74 Å². The Bertz CT molecular complexity index is 596. The molecule has 0 aliphatic heterocycles. The van der Waals surface area contributed by atoms with Crippen LogP contribution in [0.15, 0.2) is 60.1 Å². The topological polar surface area (TPSA) is 35.2 Å². The maximum Gasteiger partial charge on any atom is 0.115 e. The molecule has 2 nitrogen and oxygen atoms in total. The molecule has 3 atom stereocenters. The van der Waals surface area contributed by atoms with E-state index in [0.29, 0.717) is 17.0 Å². The molecular formula is C26H43NO. The summed E-state index contributed by atoms with van der Waals surface area (Å²) in [7, 11) is 0. The molecule has 2 heteroatoms. The third kappa shape index (κ3) is 8.54. The minimum atomic E-state index is 0.517. The monoisotopic (exact) mass is 385 g/mol. The van der Waals surface area contributed by atoms with E-state index in [2.05, 4.69) is 27.4 Å². The highest BCUT2D eigenvalue weighted by Gasteiger charge is 2.30. The zero-order valence-electron chi connectivity index (χ0n) is 19.0. The van der Waals surface area contributed by atoms with Gasteiger partial charge in [0.25, 0.3) is 0 Å². The first kappa shape index (κ1) is 24.3. The van der Waals surface area contributed by atoms with Gasteiger partial charge in [0.05, 0.1) is 6.61 Å². The van der Waals surface area contributed by atoms with Crippen molar-refractivity contribution in [1.82, 2.24) is 0 Å². The summed E-state index contributed by atoms with van der Waals surface area (Å²) < 4.78 is 6.16. The Morgan fingerprint density at radius 2 is 1.96 bits per heavy atom. The fraction of sp³-hybridized carbons (Fsp3) is 0.615. The first-order chi connectivity index (χ1) is 13.4. The third-order valence-corrected chi connectivity index (χ3v) is 6.23. The smallest absolute Gasteiger partial charge is 0.115 e. The summed E-state index contributed by atoms with van der Waals surface area (Å²) in [6.45, 7) is 15.7. The average Bonchev–Trinajstić information content (AvgIpc) is 2.86. The van der Waals surface area contributed by atoms with Gasteiger partial charge >= 0.3 is 0 Å². The molecule has 0 saturated heterocycles. The van der Waals surface area contributed by atoms with Crippen molar-refractivity contribution in [3.8, 4) is 0 Å². The quantitative estimate of drug-likeness (QED) is 0.240. The van der Waals surface area contributed by atoms with E-state index in [1.165, 1.54) is 44.9 Å². The van der Waals surface area contributed by atoms with E-state index >= 15 is 0 Å². The van der Waals surface area contributed by atoms with Crippen LogP contribution in [0.4, 0.5) is 0 Å². The van der Waals surface area contributed by atoms with E-state index in [4.69, 9.17) is 10.5 Å². The Hall–Kier alpha value is -1.70. The van der Waals surface area contributed by atoms with Gasteiger partial charge in [0.1, 0.15) is 5.76 Å². The van der Waals surface area contributed by atoms with E-state index in [9.17, 15) is 0 Å². The minimum Gasteiger partial charge on any atom is -0.494 e. The fourth-order valence-corrected chi connectivity index (χ4v) is 4.19. The van der Waals surface area contributed by atoms with E-state index in [0.717, 1.165) is 23.9 Å². The molecule has 158 valence electrons. The van der Waals surface area contributed by atoms with Gasteiger partial charge in [-0.3, -0.25) is 0 Å². The molecule has 2 N–H and O–H groups in total. The maximum atomic E-state index is 6.16. The molecule has 1 aliphatic carbocycles. The summed E-state index contributed by atoms with van der Waals surface area (Å²) in [5.41, 5.74) is 8.27. The number of hydrogen-bond donors (Lipinski definition) is 1. The molecule has 0 aromatic rings. The first-order valence-electron chi connectivity index (χ1n) is 11.1. The van der Waals surface area contributed by atoms with Gasteiger partial charge in [-0.2, -0.15) is 0 Å². The zero-order chi connectivity index (χ0) is 21.0. The van der Waals surface area contributed by atoms with Gasteiger partial charge in [-0.05, 0) is 93.1 Å². The molecule has 0 aromatic carbocycles. The molecule has 0 aromatic heterocycles. The van der Waals surface area contributed by atoms with Crippen LogP contribution >= 0.6 is 0 Å². The van der Waals surface area contributed by atoms with E-state index in [-0.39, 0.29) is 0 Å². The number of rotatable bonds is 10. The van der Waals surface area contributed by atoms with Gasteiger partial charge in [0.2, 0.25) is 0 Å². The second-order valence-electron chi connectivity index (χ2n) is 8.76. The largest absolute Gasteiger partial charge is 0.494 e. The molecule has 0 bridgehead atoms. The normalized spacial score (nSPS) is 26.2. The number of nitrogens with two attached hydrogens (primary N) is 1. The summed E-state index contributed by atoms with van der Waals surface area (Å²) in [4.78, 5) is 0. The van der Waals surface area contributed by atoms with Gasteiger partial charge in [-0.25, -0.2) is 0 Å². The number of ether oxygens (including phenoxy) is 1. The summed E-state index contributed by atoms with van der Waals surface area (Å²) in [6, 6.07) is 0. The summed E-state index contributed by atoms with van der Waals surface area (Å²) >= 11 is 0. The van der Waals surface area contributed by atoms with Crippen molar-refractivity contribution in [3.05, 3.63) is 60.1 Å². The van der Waals surface area contributed by atoms with Crippen LogP contribution in [0.25, 0.3) is 0 Å². The van der Waals surface area contributed by atoms with E-state index in [1.807, 2.05) is 44.2 Å². The Kier molecular flexibility index (Phi) is 11.0. The fourth-order valence-electron chi connectivity index (χ4n) is 4.19. The third-order valence-electron chi connectivity index (χ3n) is 6.23. The molecule has 1 saturated carbocycles. The Labute approximate surface area is 174 Å². The average molecular weight is 386 g/mol. The Morgan fingerprint density at radius 1 is 1.21 bits per heavy atom. The highest BCUT2D eigenvalue weighted by Crippen LogP contribution is 2.42. The van der Waals surface area contributed by atoms with Gasteiger partial charge in [-0.1, -0.05) is 52.3 Å². The number of allylic oxidation sites excluding steroid dienone is 6. The molecule has 1 aliphatic rings. The van der Waals surface area contributed by atoms with Crippen LogP contribution in [-0.4, -0.2) is 6.61 Å². The van der Waals surface area contributed by atoms with Crippen molar-refractivity contribution in [2.24, 2.45) is 23.0 Å². The second-order valence-corrected chi connectivity index (χ2v) is 8.76. The van der Waals surface area contributed by atoms with Crippen molar-refractivity contribution in [3.63, 3.8) is 0 Å². The van der Waals surface area contributed by atoms with Crippen molar-refractivity contribution in [1.29, 1.82) is 0 Å². The molecule has 1 fully saturated rings. The second kappa shape index (κ2) is 12.7. The standard InChI is InChI=1S/C26H43NO/c1-7-12-25(27)23(9-3)14-15-24(10-4)28-20-22-13-11-17-26(6,18-16-22)19-21(5)8-2/h7,9-10,12,14-15,21-22H,1,8,11,13,16-20,27H2,2-6H3/b15-14-,23-9-,24-10+,25-12-/t21-,22+,26?/m0/s1. The zero-order valence-corrected chi connectivity index (χ0v) is 19.0. The lowest BCUT2D eigenvalue weighted by molar-refractivity contribution is 0.157. The lowest BCUT2D eigenvalue weighted by Crippen LogP contribution is -2.19. The number of hydrogen-bond acceptors (Lipinski definition) is 2. The van der Waals surface area contributed by atoms with Crippen LogP contribution in [0, 0.1) is 17.3 Å². The molecule has 28 heavy (non-hydrogen) atoms. The molecule has 0 radical (unpaired) electrons. The Morgan fingerprint density at radius 3 is 2.57 bits per heavy atom. The van der Waals surface area contributed by atoms with Crippen LogP contribution in [0.5, 0.6) is 0 Å². The van der Waals surface area contributed by atoms with Crippen LogP contribution in [0.2, 0.25) is 0 Å². The molecule has 0 spiro atoms. The predicted molar refractivity (Wildman–Crippen MR) is 124 cm³/mol. The maximum absolute atomic E-state index is 6.16. The minimum absolute atomic E-state index is 0.517. The van der Waals surface area contributed by atoms with E-state index in [1.54, 1.807) is 6.08 Å². The first-order valence-corrected chi connectivity index (χ1v) is 11.1. The Balaban J connectivity index is 2.59. The van der Waals surface area contributed by atoms with Crippen molar-refractivity contribution in [2.45, 2.75) is 79.6 Å². The molecule has 1 unspecified atom stereocenters. The lowest BCUT2D eigenvalue weighted by atomic mass is 9.75. The highest BCUT2D eigenvalue weighted by atomic mass is 16.5. The highest BCUT2D eigenvalue weighted by molar-refractivity contribution is 5.40. The van der Waals surface area contributed by atoms with Crippen molar-refractivity contribution >= 4 is 0 Å². The summed E-state index contributed by atoms with van der Waals surface area (Å²) in [5, 5.41) is 0. The van der Waals surface area contributed by atoms with Gasteiger partial charge in [0.15, 0.2) is 0 Å². The van der Waals surface area contributed by atoms with Gasteiger partial charge in [-0.15, -0.1) is 0 Å². The van der Waals surface area contributed by atoms with E-state index < -0.39 is 0 Å². The van der Waals surface area contributed by atoms with Crippen LogP contribution in [0.3, 0.4) is 0 Å². The van der Waals surface area contributed by atoms with Crippen molar-refractivity contribution in [2.75, 3.05) is 6.61 Å². The molecule has 0 heterocycles. The van der Waals surface area contributed by atoms with Gasteiger partial charge < -0.3 is 10.5 Å². The van der Waals surface area contributed by atoms with Crippen molar-refractivity contribution < 1.29 is 4.74 Å². The summed E-state index contributed by atoms with van der Waals surface area (Å²) in [5.74, 6) is 2.41. The van der Waals surface area contributed by atoms with Crippen LogP contribution < -0.4 is 5.73 Å².